The second kappa shape index (κ2) is 5.03. The Morgan fingerprint density at radius 1 is 1.06 bits per heavy atom. The fraction of sp³-hybridized carbons (Fsp3) is 1.00. The van der Waals surface area contributed by atoms with E-state index in [1.54, 1.807) is 0 Å². The van der Waals surface area contributed by atoms with Crippen molar-refractivity contribution in [3.8, 4) is 0 Å². The van der Waals surface area contributed by atoms with E-state index in [4.69, 9.17) is 0 Å². The number of nitrogens with zero attached hydrogens (tertiary/aromatic N) is 2. The van der Waals surface area contributed by atoms with Crippen LogP contribution in [-0.2, 0) is 0 Å². The van der Waals surface area contributed by atoms with Gasteiger partial charge in [0.25, 0.3) is 0 Å². The number of hydrogen-bond acceptors (Lipinski definition) is 3. The van der Waals surface area contributed by atoms with Crippen molar-refractivity contribution < 1.29 is 0 Å². The standard InChI is InChI=1S/C13H29N3/c1-12(2,3)15(6)11-13(4,5)16-9-7-14-8-10-16/h14H,7-11H2,1-6H3. The molecular formula is C13H29N3. The molecule has 0 aromatic rings. The molecule has 96 valence electrons. The molecule has 1 heterocycles. The summed E-state index contributed by atoms with van der Waals surface area (Å²) in [7, 11) is 2.23. The summed E-state index contributed by atoms with van der Waals surface area (Å²) in [6, 6.07) is 0. The first kappa shape index (κ1) is 13.9. The van der Waals surface area contributed by atoms with Gasteiger partial charge in [-0.25, -0.2) is 0 Å². The van der Waals surface area contributed by atoms with Crippen LogP contribution in [0.1, 0.15) is 34.6 Å². The topological polar surface area (TPSA) is 18.5 Å². The Morgan fingerprint density at radius 2 is 1.56 bits per heavy atom. The van der Waals surface area contributed by atoms with Gasteiger partial charge in [0.05, 0.1) is 0 Å². The zero-order chi connectivity index (χ0) is 12.4. The molecule has 0 aliphatic carbocycles. The third-order valence-corrected chi connectivity index (χ3v) is 3.74. The van der Waals surface area contributed by atoms with Crippen LogP contribution >= 0.6 is 0 Å². The largest absolute Gasteiger partial charge is 0.314 e. The number of likely N-dealkylation sites (N-methyl/N-ethyl adjacent to an activating group) is 1. The molecule has 1 N–H and O–H groups in total. The van der Waals surface area contributed by atoms with E-state index >= 15 is 0 Å². The maximum Gasteiger partial charge on any atom is 0.0281 e. The molecule has 1 saturated heterocycles. The third kappa shape index (κ3) is 3.72. The first-order chi connectivity index (χ1) is 7.23. The molecule has 1 aliphatic rings. The Hall–Kier alpha value is -0.120. The number of hydrogen-bond donors (Lipinski definition) is 1. The highest BCUT2D eigenvalue weighted by Crippen LogP contribution is 2.20. The van der Waals surface area contributed by atoms with Gasteiger partial charge in [0.15, 0.2) is 0 Å². The van der Waals surface area contributed by atoms with Crippen molar-refractivity contribution in [1.29, 1.82) is 0 Å². The lowest BCUT2D eigenvalue weighted by Gasteiger charge is -2.46. The van der Waals surface area contributed by atoms with Crippen LogP contribution in [0.4, 0.5) is 0 Å². The molecule has 1 fully saturated rings. The van der Waals surface area contributed by atoms with Gasteiger partial charge in [0.2, 0.25) is 0 Å². The van der Waals surface area contributed by atoms with Gasteiger partial charge >= 0.3 is 0 Å². The van der Waals surface area contributed by atoms with Gasteiger partial charge in [0.1, 0.15) is 0 Å². The van der Waals surface area contributed by atoms with Crippen LogP contribution < -0.4 is 5.32 Å². The summed E-state index contributed by atoms with van der Waals surface area (Å²) in [6.45, 7) is 17.3. The van der Waals surface area contributed by atoms with Crippen molar-refractivity contribution in [1.82, 2.24) is 15.1 Å². The normalized spacial score (nSPS) is 20.4. The van der Waals surface area contributed by atoms with Crippen molar-refractivity contribution in [3.63, 3.8) is 0 Å². The van der Waals surface area contributed by atoms with E-state index in [-0.39, 0.29) is 11.1 Å². The minimum atomic E-state index is 0.255. The molecule has 3 heteroatoms. The Labute approximate surface area is 101 Å². The minimum absolute atomic E-state index is 0.255. The van der Waals surface area contributed by atoms with E-state index in [2.05, 4.69) is 56.8 Å². The summed E-state index contributed by atoms with van der Waals surface area (Å²) < 4.78 is 0. The zero-order valence-corrected chi connectivity index (χ0v) is 11.9. The molecule has 0 radical (unpaired) electrons. The first-order valence-electron chi connectivity index (χ1n) is 6.40. The molecule has 0 aromatic carbocycles. The highest BCUT2D eigenvalue weighted by molar-refractivity contribution is 4.89. The van der Waals surface area contributed by atoms with Crippen LogP contribution in [0.2, 0.25) is 0 Å². The first-order valence-corrected chi connectivity index (χ1v) is 6.40. The van der Waals surface area contributed by atoms with E-state index in [0.717, 1.165) is 19.6 Å². The van der Waals surface area contributed by atoms with E-state index in [1.165, 1.54) is 13.1 Å². The van der Waals surface area contributed by atoms with Gasteiger partial charge in [-0.05, 0) is 41.7 Å². The van der Waals surface area contributed by atoms with Crippen molar-refractivity contribution in [2.24, 2.45) is 0 Å². The quantitative estimate of drug-likeness (QED) is 0.786. The molecule has 3 nitrogen and oxygen atoms in total. The Balaban J connectivity index is 2.55. The molecule has 0 unspecified atom stereocenters. The monoisotopic (exact) mass is 227 g/mol. The highest BCUT2D eigenvalue weighted by Gasteiger charge is 2.31. The van der Waals surface area contributed by atoms with E-state index in [9.17, 15) is 0 Å². The van der Waals surface area contributed by atoms with Gasteiger partial charge in [0, 0.05) is 43.8 Å². The lowest BCUT2D eigenvalue weighted by Crippen LogP contribution is -2.59. The molecule has 1 aliphatic heterocycles. The van der Waals surface area contributed by atoms with Gasteiger partial charge < -0.3 is 5.32 Å². The fourth-order valence-corrected chi connectivity index (χ4v) is 2.19. The van der Waals surface area contributed by atoms with E-state index in [0.29, 0.717) is 0 Å². The molecule has 16 heavy (non-hydrogen) atoms. The van der Waals surface area contributed by atoms with Gasteiger partial charge in [-0.1, -0.05) is 0 Å². The second-order valence-corrected chi connectivity index (χ2v) is 6.58. The maximum absolute atomic E-state index is 3.42. The second-order valence-electron chi connectivity index (χ2n) is 6.58. The van der Waals surface area contributed by atoms with Gasteiger partial charge in [-0.2, -0.15) is 0 Å². The van der Waals surface area contributed by atoms with Crippen LogP contribution in [0.5, 0.6) is 0 Å². The smallest absolute Gasteiger partial charge is 0.0281 e. The zero-order valence-electron chi connectivity index (χ0n) is 11.9. The predicted molar refractivity (Wildman–Crippen MR) is 70.9 cm³/mol. The summed E-state index contributed by atoms with van der Waals surface area (Å²) in [6.07, 6.45) is 0. The summed E-state index contributed by atoms with van der Waals surface area (Å²) in [4.78, 5) is 5.06. The minimum Gasteiger partial charge on any atom is -0.314 e. The van der Waals surface area contributed by atoms with E-state index < -0.39 is 0 Å². The summed E-state index contributed by atoms with van der Waals surface area (Å²) >= 11 is 0. The number of rotatable bonds is 3. The lowest BCUT2D eigenvalue weighted by molar-refractivity contribution is 0.0421. The fourth-order valence-electron chi connectivity index (χ4n) is 2.19. The SMILES string of the molecule is CN(CC(C)(C)N1CCNCC1)C(C)(C)C. The summed E-state index contributed by atoms with van der Waals surface area (Å²) in [5.41, 5.74) is 0.523. The average molecular weight is 227 g/mol. The Bertz CT molecular complexity index is 212. The summed E-state index contributed by atoms with van der Waals surface area (Å²) in [5.74, 6) is 0. The van der Waals surface area contributed by atoms with Crippen molar-refractivity contribution in [3.05, 3.63) is 0 Å². The predicted octanol–water partition coefficient (Wildman–Crippen LogP) is 1.40. The highest BCUT2D eigenvalue weighted by atomic mass is 15.3. The van der Waals surface area contributed by atoms with Crippen LogP contribution in [0, 0.1) is 0 Å². The molecule has 0 aromatic heterocycles. The van der Waals surface area contributed by atoms with E-state index in [1.807, 2.05) is 0 Å². The Morgan fingerprint density at radius 3 is 2.00 bits per heavy atom. The third-order valence-electron chi connectivity index (χ3n) is 3.74. The molecule has 0 saturated carbocycles. The van der Waals surface area contributed by atoms with Gasteiger partial charge in [-0.3, -0.25) is 9.80 Å². The number of piperazine rings is 1. The molecule has 0 atom stereocenters. The van der Waals surface area contributed by atoms with Crippen molar-refractivity contribution in [2.45, 2.75) is 45.7 Å². The maximum atomic E-state index is 3.42. The van der Waals surface area contributed by atoms with Crippen molar-refractivity contribution in [2.75, 3.05) is 39.8 Å². The average Bonchev–Trinajstić information content (AvgIpc) is 2.17. The number of nitrogens with one attached hydrogen (secondary N) is 1. The molecule has 0 bridgehead atoms. The molecular weight excluding hydrogens is 198 g/mol. The van der Waals surface area contributed by atoms with Gasteiger partial charge in [-0.15, -0.1) is 0 Å². The molecule has 1 rings (SSSR count). The lowest BCUT2D eigenvalue weighted by atomic mass is 9.97. The van der Waals surface area contributed by atoms with Crippen molar-refractivity contribution >= 4 is 0 Å². The van der Waals surface area contributed by atoms with Crippen LogP contribution in [0.15, 0.2) is 0 Å². The van der Waals surface area contributed by atoms with Crippen LogP contribution in [0.25, 0.3) is 0 Å². The van der Waals surface area contributed by atoms with Crippen LogP contribution in [0.3, 0.4) is 0 Å². The summed E-state index contributed by atoms with van der Waals surface area (Å²) in [5, 5.41) is 3.42. The molecule has 0 spiro atoms. The Kier molecular flexibility index (Phi) is 4.38. The van der Waals surface area contributed by atoms with Crippen LogP contribution in [-0.4, -0.2) is 60.6 Å². The molecule has 0 amide bonds.